The Labute approximate surface area is 289 Å². The van der Waals surface area contributed by atoms with E-state index in [9.17, 15) is 22.8 Å². The second-order valence-electron chi connectivity index (χ2n) is 9.22. The van der Waals surface area contributed by atoms with Crippen molar-refractivity contribution in [2.45, 2.75) is 19.4 Å². The molecule has 0 saturated carbocycles. The second kappa shape index (κ2) is 15.2. The number of hydrogen-bond acceptors (Lipinski definition) is 12. The van der Waals surface area contributed by atoms with E-state index < -0.39 is 30.9 Å². The lowest BCUT2D eigenvalue weighted by atomic mass is 10.1. The number of fused-ring (bicyclic) bond motifs is 3. The molecule has 0 atom stereocenters. The summed E-state index contributed by atoms with van der Waals surface area (Å²) >= 11 is 9.03. The molecule has 7 heterocycles. The van der Waals surface area contributed by atoms with Crippen LogP contribution in [0.4, 0.5) is 41.4 Å². The Kier molecular flexibility index (Phi) is 11.4. The third-order valence-electron chi connectivity index (χ3n) is 5.82. The lowest BCUT2D eigenvalue weighted by molar-refractivity contribution is -0.127. The van der Waals surface area contributed by atoms with Crippen molar-refractivity contribution in [2.75, 3.05) is 30.1 Å². The topological polar surface area (TPSA) is 235 Å². The van der Waals surface area contributed by atoms with Crippen LogP contribution in [0.2, 0.25) is 0 Å². The fraction of sp³-hybridized carbons (Fsp3) is 0.167. The summed E-state index contributed by atoms with van der Waals surface area (Å²) in [4.78, 5) is 32.8. The first-order chi connectivity index (χ1) is 22.5. The first-order valence-electron chi connectivity index (χ1n) is 13.2. The monoisotopic (exact) mass is 850 g/mol. The molecule has 0 unspecified atom stereocenters. The normalized spacial score (nSPS) is 13.6. The van der Waals surface area contributed by atoms with Gasteiger partial charge in [-0.1, -0.05) is 0 Å². The standard InChI is InChI=1S/C6H4BrFN4.C6H5FN4.C6H7N5.C5H6Br2N2O2.CH3F/c7-4-2-1-3-5(9)10-6(8)11-12(3)4;7-6-9-5(8)4-2-1-3-11(4)10-6;7-5-4-2-1-3-11(4)10-6(8)9-5;1-5(2)3(10)8(6)4(11)9(5)7;1-2/h1-2H,(H2,9,10,11);1-3H,(H2,8,9,10);1-3H,(H4,7,8,9,10);1-2H3;1H3/i;;;;1D. The predicted octanol–water partition coefficient (Wildman–Crippen LogP) is 3.79. The summed E-state index contributed by atoms with van der Waals surface area (Å²) in [5.41, 5.74) is 22.9. The molecule has 23 heteroatoms. The highest BCUT2D eigenvalue weighted by Gasteiger charge is 2.50. The van der Waals surface area contributed by atoms with E-state index in [1.54, 1.807) is 55.0 Å². The highest BCUT2D eigenvalue weighted by molar-refractivity contribution is 9.10. The molecule has 6 aromatic heterocycles. The predicted molar refractivity (Wildman–Crippen MR) is 177 cm³/mol. The van der Waals surface area contributed by atoms with Gasteiger partial charge in [0.2, 0.25) is 5.95 Å². The van der Waals surface area contributed by atoms with Gasteiger partial charge in [-0.2, -0.15) is 27.7 Å². The second-order valence-corrected chi connectivity index (χ2v) is 11.5. The Balaban J connectivity index is 0.000000169. The number of nitrogens with two attached hydrogens (primary N) is 4. The molecule has 3 amide bonds. The van der Waals surface area contributed by atoms with E-state index in [0.717, 1.165) is 9.44 Å². The molecule has 0 aromatic carbocycles. The fourth-order valence-electron chi connectivity index (χ4n) is 3.59. The Morgan fingerprint density at radius 2 is 1.28 bits per heavy atom. The van der Waals surface area contributed by atoms with Crippen LogP contribution in [0, 0.1) is 12.2 Å². The Morgan fingerprint density at radius 1 is 0.787 bits per heavy atom. The van der Waals surface area contributed by atoms with Gasteiger partial charge in [0, 0.05) is 12.4 Å². The molecule has 0 aliphatic carbocycles. The summed E-state index contributed by atoms with van der Waals surface area (Å²) < 4.78 is 47.6. The lowest BCUT2D eigenvalue weighted by Gasteiger charge is -2.19. The molecule has 250 valence electrons. The van der Waals surface area contributed by atoms with Gasteiger partial charge in [0.15, 0.2) is 17.5 Å². The summed E-state index contributed by atoms with van der Waals surface area (Å²) in [7, 11) is -1.00. The van der Waals surface area contributed by atoms with Gasteiger partial charge in [0.25, 0.3) is 5.91 Å². The average Bonchev–Trinajstić information content (AvgIpc) is 3.79. The number of amides is 3. The maximum absolute atomic E-state index is 12.6. The minimum Gasteiger partial charge on any atom is -0.382 e. The SMILES string of the molecule is CC1(C)C(=O)N(Br)C(=O)N1Br.Nc1nc(F)nn2c(Br)ccc12.Nc1nc(F)nn2cccc12.Nc1nc(N)c2cccn2n1.[2H]CF. The van der Waals surface area contributed by atoms with Crippen molar-refractivity contribution in [1.29, 1.82) is 0 Å². The highest BCUT2D eigenvalue weighted by Crippen LogP contribution is 2.32. The van der Waals surface area contributed by atoms with E-state index in [1.165, 1.54) is 13.0 Å². The van der Waals surface area contributed by atoms with Crippen LogP contribution in [-0.2, 0) is 4.79 Å². The number of aromatic nitrogens is 9. The van der Waals surface area contributed by atoms with Crippen molar-refractivity contribution in [3.8, 4) is 0 Å². The summed E-state index contributed by atoms with van der Waals surface area (Å²) in [6.45, 7) is 3.31. The number of nitrogen functional groups attached to an aromatic ring is 4. The minimum atomic E-state index is -1.00. The molecule has 6 aromatic rings. The Hall–Kier alpha value is -4.77. The zero-order valence-electron chi connectivity index (χ0n) is 25.1. The van der Waals surface area contributed by atoms with Gasteiger partial charge >= 0.3 is 18.2 Å². The molecule has 1 aliphatic heterocycles. The number of imide groups is 1. The number of carbonyl (C=O) groups excluding carboxylic acids is 2. The summed E-state index contributed by atoms with van der Waals surface area (Å²) in [6, 6.07) is 10.1. The van der Waals surface area contributed by atoms with E-state index in [1.807, 2.05) is 12.1 Å². The van der Waals surface area contributed by atoms with Gasteiger partial charge in [-0.25, -0.2) is 22.3 Å². The van der Waals surface area contributed by atoms with Crippen LogP contribution in [-0.4, -0.2) is 76.3 Å². The number of halogens is 6. The lowest BCUT2D eigenvalue weighted by Crippen LogP contribution is -2.37. The minimum absolute atomic E-state index is 0.133. The van der Waals surface area contributed by atoms with Crippen LogP contribution < -0.4 is 22.9 Å². The molecule has 8 N–H and O–H groups in total. The number of anilines is 4. The molecular formula is C24H25Br3F3N15O2. The Morgan fingerprint density at radius 3 is 1.77 bits per heavy atom. The van der Waals surface area contributed by atoms with Gasteiger partial charge in [0.1, 0.15) is 26.7 Å². The molecule has 1 fully saturated rings. The van der Waals surface area contributed by atoms with E-state index in [4.69, 9.17) is 24.3 Å². The molecule has 0 radical (unpaired) electrons. The maximum Gasteiger partial charge on any atom is 0.348 e. The summed E-state index contributed by atoms with van der Waals surface area (Å²) in [6.07, 6.45) is 1.73. The van der Waals surface area contributed by atoms with Gasteiger partial charge in [0.05, 0.1) is 40.8 Å². The van der Waals surface area contributed by atoms with Gasteiger partial charge in [-0.15, -0.1) is 15.3 Å². The van der Waals surface area contributed by atoms with Crippen molar-refractivity contribution in [1.82, 2.24) is 51.6 Å². The van der Waals surface area contributed by atoms with E-state index in [-0.39, 0.29) is 23.5 Å². The summed E-state index contributed by atoms with van der Waals surface area (Å²) in [5.74, 6) is 0.601. The van der Waals surface area contributed by atoms with E-state index in [2.05, 4.69) is 78.5 Å². The first-order valence-corrected chi connectivity index (χ1v) is 14.7. The average molecular weight is 853 g/mol. The highest BCUT2D eigenvalue weighted by atomic mass is 79.9. The van der Waals surface area contributed by atoms with Crippen LogP contribution in [0.5, 0.6) is 0 Å². The Bertz CT molecular complexity index is 1980. The number of carbonyl (C=O) groups is 2. The number of urea groups is 1. The third kappa shape index (κ3) is 8.15. The van der Waals surface area contributed by atoms with Crippen LogP contribution in [0.3, 0.4) is 0 Å². The molecule has 1 aliphatic rings. The zero-order valence-corrected chi connectivity index (χ0v) is 28.9. The molecule has 0 spiro atoms. The molecule has 1 saturated heterocycles. The molecule has 47 heavy (non-hydrogen) atoms. The smallest absolute Gasteiger partial charge is 0.348 e. The number of hydrogen-bond donors (Lipinski definition) is 4. The van der Waals surface area contributed by atoms with Crippen LogP contribution >= 0.6 is 48.2 Å². The van der Waals surface area contributed by atoms with Crippen LogP contribution in [0.15, 0.2) is 53.4 Å². The largest absolute Gasteiger partial charge is 0.382 e. The summed E-state index contributed by atoms with van der Waals surface area (Å²) in [5, 5.41) is 10.9. The zero-order chi connectivity index (χ0) is 35.9. The molecule has 7 rings (SSSR count). The number of nitrogens with zero attached hydrogens (tertiary/aromatic N) is 11. The fourth-order valence-corrected chi connectivity index (χ4v) is 5.11. The van der Waals surface area contributed by atoms with Crippen molar-refractivity contribution >= 4 is 100 Å². The van der Waals surface area contributed by atoms with Gasteiger partial charge < -0.3 is 22.9 Å². The van der Waals surface area contributed by atoms with Crippen LogP contribution in [0.25, 0.3) is 16.6 Å². The molecule has 0 bridgehead atoms. The van der Waals surface area contributed by atoms with Gasteiger partial charge in [-0.05, 0) is 66.2 Å². The first kappa shape index (κ1) is 35.1. The van der Waals surface area contributed by atoms with Crippen molar-refractivity contribution in [3.05, 3.63) is 65.6 Å². The number of alkyl halides is 1. The van der Waals surface area contributed by atoms with Crippen molar-refractivity contribution in [3.63, 3.8) is 0 Å². The van der Waals surface area contributed by atoms with Crippen molar-refractivity contribution in [2.24, 2.45) is 0 Å². The molecule has 17 nitrogen and oxygen atoms in total. The van der Waals surface area contributed by atoms with Crippen LogP contribution in [0.1, 0.15) is 15.2 Å². The quantitative estimate of drug-likeness (QED) is 0.126. The van der Waals surface area contributed by atoms with E-state index in [0.29, 0.717) is 21.5 Å². The molecular weight excluding hydrogens is 827 g/mol. The third-order valence-corrected chi connectivity index (χ3v) is 8.24. The van der Waals surface area contributed by atoms with E-state index >= 15 is 0 Å². The number of rotatable bonds is 0. The maximum atomic E-state index is 12.6. The van der Waals surface area contributed by atoms with Crippen molar-refractivity contribution < 1.29 is 24.1 Å². The van der Waals surface area contributed by atoms with Gasteiger partial charge in [-0.3, -0.25) is 9.18 Å².